The summed E-state index contributed by atoms with van der Waals surface area (Å²) in [4.78, 5) is 17.0. The predicted octanol–water partition coefficient (Wildman–Crippen LogP) is 2.92. The first-order valence-corrected chi connectivity index (χ1v) is 7.47. The van der Waals surface area contributed by atoms with E-state index in [-0.39, 0.29) is 5.91 Å². The molecule has 2 unspecified atom stereocenters. The highest BCUT2D eigenvalue weighted by atomic mass is 79.9. The van der Waals surface area contributed by atoms with Gasteiger partial charge in [-0.3, -0.25) is 9.69 Å². The molecule has 1 saturated heterocycles. The Kier molecular flexibility index (Phi) is 4.31. The van der Waals surface area contributed by atoms with Gasteiger partial charge >= 0.3 is 0 Å². The minimum Gasteiger partial charge on any atom is -0.336 e. The summed E-state index contributed by atoms with van der Waals surface area (Å²) in [6.45, 7) is 7.92. The molecule has 1 fully saturated rings. The lowest BCUT2D eigenvalue weighted by molar-refractivity contribution is 0.0413. The molecular formula is C15H21BrN2O. The fraction of sp³-hybridized carbons (Fsp3) is 0.533. The van der Waals surface area contributed by atoms with Gasteiger partial charge < -0.3 is 4.90 Å². The number of hydrogen-bond donors (Lipinski definition) is 0. The van der Waals surface area contributed by atoms with E-state index >= 15 is 0 Å². The number of halogens is 1. The van der Waals surface area contributed by atoms with E-state index in [0.717, 1.165) is 28.7 Å². The van der Waals surface area contributed by atoms with Crippen LogP contribution in [-0.2, 0) is 0 Å². The molecule has 4 heteroatoms. The van der Waals surface area contributed by atoms with Crippen molar-refractivity contribution in [1.82, 2.24) is 9.80 Å². The summed E-state index contributed by atoms with van der Waals surface area (Å²) in [5, 5.41) is 0. The number of carbonyl (C=O) groups is 1. The Labute approximate surface area is 123 Å². The van der Waals surface area contributed by atoms with Gasteiger partial charge in [-0.15, -0.1) is 0 Å². The molecule has 0 radical (unpaired) electrons. The van der Waals surface area contributed by atoms with Crippen LogP contribution in [0.25, 0.3) is 0 Å². The minimum atomic E-state index is 0.144. The highest BCUT2D eigenvalue weighted by Crippen LogP contribution is 2.21. The third-order valence-corrected chi connectivity index (χ3v) is 4.57. The molecule has 2 rings (SSSR count). The zero-order valence-electron chi connectivity index (χ0n) is 12.0. The van der Waals surface area contributed by atoms with Crippen LogP contribution in [0.5, 0.6) is 0 Å². The second kappa shape index (κ2) is 5.63. The van der Waals surface area contributed by atoms with E-state index in [1.54, 1.807) is 0 Å². The highest BCUT2D eigenvalue weighted by molar-refractivity contribution is 9.10. The lowest BCUT2D eigenvalue weighted by Crippen LogP contribution is -2.56. The zero-order chi connectivity index (χ0) is 14.2. The lowest BCUT2D eigenvalue weighted by Gasteiger charge is -2.42. The van der Waals surface area contributed by atoms with Crippen LogP contribution in [0.4, 0.5) is 0 Å². The van der Waals surface area contributed by atoms with Crippen molar-refractivity contribution in [3.63, 3.8) is 0 Å². The standard InChI is InChI=1S/C15H21BrN2O/c1-10-5-6-13(16)7-14(10)15(19)18-8-11(2)17(4)12(3)9-18/h5-7,11-12H,8-9H2,1-4H3. The van der Waals surface area contributed by atoms with Crippen molar-refractivity contribution in [1.29, 1.82) is 0 Å². The second-order valence-electron chi connectivity index (χ2n) is 5.53. The predicted molar refractivity (Wildman–Crippen MR) is 81.5 cm³/mol. The summed E-state index contributed by atoms with van der Waals surface area (Å²) in [6.07, 6.45) is 0. The van der Waals surface area contributed by atoms with Gasteiger partial charge in [0, 0.05) is 35.2 Å². The van der Waals surface area contributed by atoms with Gasteiger partial charge in [-0.25, -0.2) is 0 Å². The number of piperazine rings is 1. The molecule has 0 saturated carbocycles. The molecule has 0 bridgehead atoms. The van der Waals surface area contributed by atoms with Crippen LogP contribution in [0, 0.1) is 6.92 Å². The largest absolute Gasteiger partial charge is 0.336 e. The smallest absolute Gasteiger partial charge is 0.254 e. The Balaban J connectivity index is 2.22. The Bertz CT molecular complexity index is 477. The van der Waals surface area contributed by atoms with E-state index in [1.807, 2.05) is 30.0 Å². The number of benzene rings is 1. The summed E-state index contributed by atoms with van der Waals surface area (Å²) in [5.74, 6) is 0.144. The first kappa shape index (κ1) is 14.5. The molecule has 0 aromatic heterocycles. The number of carbonyl (C=O) groups excluding carboxylic acids is 1. The Morgan fingerprint density at radius 1 is 1.26 bits per heavy atom. The van der Waals surface area contributed by atoms with Gasteiger partial charge in [0.2, 0.25) is 0 Å². The number of nitrogens with zero attached hydrogens (tertiary/aromatic N) is 2. The third-order valence-electron chi connectivity index (χ3n) is 4.08. The number of likely N-dealkylation sites (N-methyl/N-ethyl adjacent to an activating group) is 1. The molecule has 1 heterocycles. The molecule has 19 heavy (non-hydrogen) atoms. The Hall–Kier alpha value is -0.870. The van der Waals surface area contributed by atoms with Crippen molar-refractivity contribution in [2.45, 2.75) is 32.9 Å². The molecule has 0 spiro atoms. The van der Waals surface area contributed by atoms with Crippen molar-refractivity contribution < 1.29 is 4.79 Å². The maximum atomic E-state index is 12.7. The molecule has 0 aliphatic carbocycles. The fourth-order valence-corrected chi connectivity index (χ4v) is 2.93. The minimum absolute atomic E-state index is 0.144. The summed E-state index contributed by atoms with van der Waals surface area (Å²) >= 11 is 3.44. The molecule has 1 aromatic rings. The van der Waals surface area contributed by atoms with Gasteiger partial charge in [0.15, 0.2) is 0 Å². The molecule has 0 N–H and O–H groups in total. The van der Waals surface area contributed by atoms with E-state index in [4.69, 9.17) is 0 Å². The Morgan fingerprint density at radius 3 is 2.42 bits per heavy atom. The molecule has 104 valence electrons. The molecule has 2 atom stereocenters. The molecule has 1 aliphatic heterocycles. The first-order valence-electron chi connectivity index (χ1n) is 6.67. The van der Waals surface area contributed by atoms with Gasteiger partial charge in [0.1, 0.15) is 0 Å². The molecule has 3 nitrogen and oxygen atoms in total. The van der Waals surface area contributed by atoms with Crippen LogP contribution >= 0.6 is 15.9 Å². The average Bonchev–Trinajstić information content (AvgIpc) is 2.37. The third kappa shape index (κ3) is 3.00. The normalized spacial score (nSPS) is 24.6. The molecular weight excluding hydrogens is 304 g/mol. The summed E-state index contributed by atoms with van der Waals surface area (Å²) in [6, 6.07) is 6.69. The van der Waals surface area contributed by atoms with Crippen molar-refractivity contribution in [2.24, 2.45) is 0 Å². The van der Waals surface area contributed by atoms with Gasteiger partial charge in [-0.1, -0.05) is 22.0 Å². The van der Waals surface area contributed by atoms with Crippen LogP contribution in [-0.4, -0.2) is 47.9 Å². The number of aryl methyl sites for hydroxylation is 1. The van der Waals surface area contributed by atoms with Crippen molar-refractivity contribution >= 4 is 21.8 Å². The highest BCUT2D eigenvalue weighted by Gasteiger charge is 2.30. The summed E-state index contributed by atoms with van der Waals surface area (Å²) in [7, 11) is 2.13. The van der Waals surface area contributed by atoms with E-state index in [1.165, 1.54) is 0 Å². The zero-order valence-corrected chi connectivity index (χ0v) is 13.6. The quantitative estimate of drug-likeness (QED) is 0.793. The maximum Gasteiger partial charge on any atom is 0.254 e. The van der Waals surface area contributed by atoms with E-state index in [9.17, 15) is 4.79 Å². The van der Waals surface area contributed by atoms with Crippen LogP contribution in [0.15, 0.2) is 22.7 Å². The van der Waals surface area contributed by atoms with Crippen molar-refractivity contribution in [3.05, 3.63) is 33.8 Å². The number of amides is 1. The van der Waals surface area contributed by atoms with Crippen LogP contribution in [0.3, 0.4) is 0 Å². The Morgan fingerprint density at radius 2 is 1.84 bits per heavy atom. The molecule has 1 aliphatic rings. The van der Waals surface area contributed by atoms with Gasteiger partial charge in [-0.05, 0) is 45.5 Å². The number of rotatable bonds is 1. The average molecular weight is 325 g/mol. The summed E-state index contributed by atoms with van der Waals surface area (Å²) in [5.41, 5.74) is 1.84. The van der Waals surface area contributed by atoms with Gasteiger partial charge in [0.25, 0.3) is 5.91 Å². The van der Waals surface area contributed by atoms with E-state index in [2.05, 4.69) is 41.7 Å². The van der Waals surface area contributed by atoms with Crippen LogP contribution in [0.2, 0.25) is 0 Å². The molecule has 1 aromatic carbocycles. The lowest BCUT2D eigenvalue weighted by atomic mass is 10.0. The topological polar surface area (TPSA) is 23.6 Å². The number of hydrogen-bond acceptors (Lipinski definition) is 2. The van der Waals surface area contributed by atoms with Gasteiger partial charge in [0.05, 0.1) is 0 Å². The first-order chi connectivity index (χ1) is 8.90. The van der Waals surface area contributed by atoms with Crippen LogP contribution < -0.4 is 0 Å². The second-order valence-corrected chi connectivity index (χ2v) is 6.45. The fourth-order valence-electron chi connectivity index (χ4n) is 2.57. The van der Waals surface area contributed by atoms with E-state index < -0.39 is 0 Å². The maximum absolute atomic E-state index is 12.7. The van der Waals surface area contributed by atoms with Crippen molar-refractivity contribution in [3.8, 4) is 0 Å². The van der Waals surface area contributed by atoms with Gasteiger partial charge in [-0.2, -0.15) is 0 Å². The van der Waals surface area contributed by atoms with E-state index in [0.29, 0.717) is 12.1 Å². The SMILES string of the molecule is Cc1ccc(Br)cc1C(=O)N1CC(C)N(C)C(C)C1. The summed E-state index contributed by atoms with van der Waals surface area (Å²) < 4.78 is 0.955. The van der Waals surface area contributed by atoms with Crippen molar-refractivity contribution in [2.75, 3.05) is 20.1 Å². The monoisotopic (exact) mass is 324 g/mol. The van der Waals surface area contributed by atoms with Crippen LogP contribution in [0.1, 0.15) is 29.8 Å². The molecule has 1 amide bonds.